The van der Waals surface area contributed by atoms with Crippen molar-refractivity contribution in [1.82, 2.24) is 10.2 Å². The molecule has 1 amide bonds. The van der Waals surface area contributed by atoms with E-state index in [0.717, 1.165) is 26.1 Å². The molecule has 1 N–H and O–H groups in total. The van der Waals surface area contributed by atoms with Crippen molar-refractivity contribution in [1.29, 1.82) is 0 Å². The van der Waals surface area contributed by atoms with Crippen molar-refractivity contribution in [2.24, 2.45) is 5.92 Å². The molecule has 2 atom stereocenters. The minimum absolute atomic E-state index is 0.164. The van der Waals surface area contributed by atoms with Crippen molar-refractivity contribution < 1.29 is 9.53 Å². The van der Waals surface area contributed by atoms with Gasteiger partial charge in [-0.1, -0.05) is 32.6 Å². The Bertz CT molecular complexity index is 326. The average molecular weight is 312 g/mol. The number of carbonyl (C=O) groups is 1. The highest BCUT2D eigenvalue weighted by Crippen LogP contribution is 2.19. The van der Waals surface area contributed by atoms with E-state index >= 15 is 0 Å². The van der Waals surface area contributed by atoms with Gasteiger partial charge in [0.2, 0.25) is 0 Å². The first-order chi connectivity index (χ1) is 10.3. The summed E-state index contributed by atoms with van der Waals surface area (Å²) in [7, 11) is 0. The number of nitrogens with zero attached hydrogens (tertiary/aromatic N) is 1. The molecule has 22 heavy (non-hydrogen) atoms. The maximum Gasteiger partial charge on any atom is 0.410 e. The topological polar surface area (TPSA) is 41.6 Å². The molecule has 0 aromatic rings. The van der Waals surface area contributed by atoms with E-state index in [4.69, 9.17) is 4.74 Å². The fourth-order valence-corrected chi connectivity index (χ4v) is 2.84. The predicted molar refractivity (Wildman–Crippen MR) is 92.1 cm³/mol. The van der Waals surface area contributed by atoms with Gasteiger partial charge < -0.3 is 15.0 Å². The molecular formula is C18H36N2O2. The molecule has 1 aliphatic heterocycles. The molecule has 0 aliphatic carbocycles. The normalized spacial score (nSPS) is 20.2. The van der Waals surface area contributed by atoms with Crippen LogP contribution in [-0.4, -0.2) is 42.3 Å². The Hall–Kier alpha value is -0.770. The first-order valence-electron chi connectivity index (χ1n) is 9.03. The first kappa shape index (κ1) is 19.3. The molecule has 130 valence electrons. The summed E-state index contributed by atoms with van der Waals surface area (Å²) in [5.41, 5.74) is -0.402. The summed E-state index contributed by atoms with van der Waals surface area (Å²) in [6.45, 7) is 12.9. The Morgan fingerprint density at radius 3 is 2.68 bits per heavy atom. The van der Waals surface area contributed by atoms with Gasteiger partial charge in [-0.15, -0.1) is 0 Å². The van der Waals surface area contributed by atoms with Gasteiger partial charge in [-0.3, -0.25) is 0 Å². The SMILES string of the molecule is CCCCCCC(C)NCC1CCN(C(=O)OC(C)(C)C)C1. The summed E-state index contributed by atoms with van der Waals surface area (Å²) in [5.74, 6) is 0.561. The maximum absolute atomic E-state index is 12.0. The van der Waals surface area contributed by atoms with Crippen LogP contribution in [0.25, 0.3) is 0 Å². The minimum atomic E-state index is -0.402. The number of nitrogens with one attached hydrogen (secondary N) is 1. The average Bonchev–Trinajstić information content (AvgIpc) is 2.88. The Balaban J connectivity index is 2.17. The zero-order chi connectivity index (χ0) is 16.6. The fourth-order valence-electron chi connectivity index (χ4n) is 2.84. The van der Waals surface area contributed by atoms with Gasteiger partial charge in [-0.2, -0.15) is 0 Å². The number of rotatable bonds is 8. The lowest BCUT2D eigenvalue weighted by atomic mass is 10.1. The lowest BCUT2D eigenvalue weighted by Gasteiger charge is -2.24. The van der Waals surface area contributed by atoms with E-state index < -0.39 is 5.60 Å². The number of unbranched alkanes of at least 4 members (excludes halogenated alkanes) is 3. The molecule has 1 saturated heterocycles. The third-order valence-corrected chi connectivity index (χ3v) is 4.18. The summed E-state index contributed by atoms with van der Waals surface area (Å²) >= 11 is 0. The minimum Gasteiger partial charge on any atom is -0.444 e. The second-order valence-corrected chi connectivity index (χ2v) is 7.74. The van der Waals surface area contributed by atoms with Crippen LogP contribution >= 0.6 is 0 Å². The highest BCUT2D eigenvalue weighted by Gasteiger charge is 2.29. The molecule has 1 fully saturated rings. The van der Waals surface area contributed by atoms with Crippen LogP contribution in [0, 0.1) is 5.92 Å². The Kier molecular flexibility index (Phi) is 8.23. The van der Waals surface area contributed by atoms with Gasteiger partial charge in [0.1, 0.15) is 5.60 Å². The molecule has 0 spiro atoms. The summed E-state index contributed by atoms with van der Waals surface area (Å²) < 4.78 is 5.44. The number of ether oxygens (including phenoxy) is 1. The summed E-state index contributed by atoms with van der Waals surface area (Å²) in [5, 5.41) is 3.63. The van der Waals surface area contributed by atoms with E-state index in [1.54, 1.807) is 0 Å². The molecule has 0 aromatic heterocycles. The summed E-state index contributed by atoms with van der Waals surface area (Å²) in [6.07, 6.45) is 7.47. The largest absolute Gasteiger partial charge is 0.444 e. The van der Waals surface area contributed by atoms with Crippen LogP contribution in [0.5, 0.6) is 0 Å². The third kappa shape index (κ3) is 8.02. The van der Waals surface area contributed by atoms with E-state index in [9.17, 15) is 4.79 Å². The third-order valence-electron chi connectivity index (χ3n) is 4.18. The molecule has 0 saturated carbocycles. The highest BCUT2D eigenvalue weighted by atomic mass is 16.6. The van der Waals surface area contributed by atoms with Crippen molar-refractivity contribution in [3.05, 3.63) is 0 Å². The van der Waals surface area contributed by atoms with E-state index in [2.05, 4.69) is 19.2 Å². The van der Waals surface area contributed by atoms with Crippen LogP contribution in [0.1, 0.15) is 73.1 Å². The number of hydrogen-bond acceptors (Lipinski definition) is 3. The van der Waals surface area contributed by atoms with Crippen LogP contribution < -0.4 is 5.32 Å². The number of carbonyl (C=O) groups excluding carboxylic acids is 1. The van der Waals surface area contributed by atoms with Crippen molar-refractivity contribution in [3.63, 3.8) is 0 Å². The van der Waals surface area contributed by atoms with Gasteiger partial charge in [0, 0.05) is 19.1 Å². The monoisotopic (exact) mass is 312 g/mol. The number of hydrogen-bond donors (Lipinski definition) is 1. The van der Waals surface area contributed by atoms with Crippen molar-refractivity contribution >= 4 is 6.09 Å². The molecular weight excluding hydrogens is 276 g/mol. The standard InChI is InChI=1S/C18H36N2O2/c1-6-7-8-9-10-15(2)19-13-16-11-12-20(14-16)17(21)22-18(3,4)5/h15-16,19H,6-14H2,1-5H3. The van der Waals surface area contributed by atoms with Crippen LogP contribution in [0.15, 0.2) is 0 Å². The van der Waals surface area contributed by atoms with Gasteiger partial charge >= 0.3 is 6.09 Å². The molecule has 0 aromatic carbocycles. The summed E-state index contributed by atoms with van der Waals surface area (Å²) in [6, 6.07) is 0.576. The molecule has 1 rings (SSSR count). The molecule has 0 radical (unpaired) electrons. The quantitative estimate of drug-likeness (QED) is 0.683. The Morgan fingerprint density at radius 2 is 2.05 bits per heavy atom. The van der Waals surface area contributed by atoms with Gasteiger partial charge in [-0.25, -0.2) is 4.79 Å². The van der Waals surface area contributed by atoms with E-state index in [-0.39, 0.29) is 6.09 Å². The second-order valence-electron chi connectivity index (χ2n) is 7.74. The Labute approximate surface area is 137 Å². The van der Waals surface area contributed by atoms with E-state index in [1.807, 2.05) is 25.7 Å². The van der Waals surface area contributed by atoms with Crippen molar-refractivity contribution in [2.45, 2.75) is 84.8 Å². The smallest absolute Gasteiger partial charge is 0.410 e. The maximum atomic E-state index is 12.0. The van der Waals surface area contributed by atoms with Gasteiger partial charge in [0.05, 0.1) is 0 Å². The molecule has 1 aliphatic rings. The molecule has 4 nitrogen and oxygen atoms in total. The van der Waals surface area contributed by atoms with Crippen LogP contribution in [0.2, 0.25) is 0 Å². The van der Waals surface area contributed by atoms with Crippen LogP contribution in [0.4, 0.5) is 4.79 Å². The lowest BCUT2D eigenvalue weighted by Crippen LogP contribution is -2.37. The first-order valence-corrected chi connectivity index (χ1v) is 9.03. The van der Waals surface area contributed by atoms with E-state index in [1.165, 1.54) is 32.1 Å². The molecule has 1 heterocycles. The lowest BCUT2D eigenvalue weighted by molar-refractivity contribution is 0.0288. The zero-order valence-electron chi connectivity index (χ0n) is 15.3. The second kappa shape index (κ2) is 9.39. The van der Waals surface area contributed by atoms with Crippen molar-refractivity contribution in [2.75, 3.05) is 19.6 Å². The van der Waals surface area contributed by atoms with Gasteiger partial charge in [0.15, 0.2) is 0 Å². The van der Waals surface area contributed by atoms with Crippen LogP contribution in [-0.2, 0) is 4.74 Å². The fraction of sp³-hybridized carbons (Fsp3) is 0.944. The van der Waals surface area contributed by atoms with Gasteiger partial charge in [0.25, 0.3) is 0 Å². The predicted octanol–water partition coefficient (Wildman–Crippen LogP) is 4.19. The molecule has 4 heteroatoms. The van der Waals surface area contributed by atoms with Crippen LogP contribution in [0.3, 0.4) is 0 Å². The highest BCUT2D eigenvalue weighted by molar-refractivity contribution is 5.68. The number of amides is 1. The van der Waals surface area contributed by atoms with Gasteiger partial charge in [-0.05, 0) is 53.0 Å². The summed E-state index contributed by atoms with van der Waals surface area (Å²) in [4.78, 5) is 13.9. The molecule has 0 bridgehead atoms. The zero-order valence-corrected chi connectivity index (χ0v) is 15.3. The Morgan fingerprint density at radius 1 is 1.32 bits per heavy atom. The number of likely N-dealkylation sites (tertiary alicyclic amines) is 1. The molecule has 2 unspecified atom stereocenters. The van der Waals surface area contributed by atoms with E-state index in [0.29, 0.717) is 12.0 Å². The van der Waals surface area contributed by atoms with Crippen molar-refractivity contribution in [3.8, 4) is 0 Å².